The van der Waals surface area contributed by atoms with Crippen LogP contribution >= 0.6 is 0 Å². The molecule has 0 bridgehead atoms. The summed E-state index contributed by atoms with van der Waals surface area (Å²) in [6.07, 6.45) is 5.43. The highest BCUT2D eigenvalue weighted by Gasteiger charge is 2.28. The van der Waals surface area contributed by atoms with Crippen LogP contribution < -0.4 is 10.6 Å². The molecule has 0 aromatic carbocycles. The average molecular weight is 226 g/mol. The third-order valence-corrected chi connectivity index (χ3v) is 2.68. The SMILES string of the molecule is CCCCNC(=O)CCCNC(=O)C1CC1. The topological polar surface area (TPSA) is 58.2 Å². The molecule has 92 valence electrons. The maximum absolute atomic E-state index is 11.3. The van der Waals surface area contributed by atoms with E-state index in [0.717, 1.165) is 38.6 Å². The Kier molecular flexibility index (Phi) is 5.90. The van der Waals surface area contributed by atoms with Crippen molar-refractivity contribution in [2.45, 2.75) is 45.4 Å². The minimum absolute atomic E-state index is 0.0918. The molecule has 1 aliphatic rings. The van der Waals surface area contributed by atoms with Crippen LogP contribution in [-0.2, 0) is 9.59 Å². The highest BCUT2D eigenvalue weighted by atomic mass is 16.2. The van der Waals surface area contributed by atoms with Gasteiger partial charge < -0.3 is 10.6 Å². The molecule has 0 heterocycles. The third kappa shape index (κ3) is 5.73. The Morgan fingerprint density at radius 1 is 1.12 bits per heavy atom. The first kappa shape index (κ1) is 13.0. The van der Waals surface area contributed by atoms with Crippen molar-refractivity contribution in [3.05, 3.63) is 0 Å². The van der Waals surface area contributed by atoms with Crippen molar-refractivity contribution in [3.63, 3.8) is 0 Å². The van der Waals surface area contributed by atoms with Gasteiger partial charge in [-0.2, -0.15) is 0 Å². The van der Waals surface area contributed by atoms with Gasteiger partial charge in [-0.15, -0.1) is 0 Å². The molecule has 1 rings (SSSR count). The summed E-state index contributed by atoms with van der Waals surface area (Å²) in [5.74, 6) is 0.513. The smallest absolute Gasteiger partial charge is 0.223 e. The Balaban J connectivity index is 1.89. The van der Waals surface area contributed by atoms with Gasteiger partial charge in [-0.1, -0.05) is 13.3 Å². The van der Waals surface area contributed by atoms with Crippen LogP contribution in [0.2, 0.25) is 0 Å². The Morgan fingerprint density at radius 3 is 2.44 bits per heavy atom. The first-order valence-corrected chi connectivity index (χ1v) is 6.28. The van der Waals surface area contributed by atoms with E-state index >= 15 is 0 Å². The maximum atomic E-state index is 11.3. The molecule has 0 unspecified atom stereocenters. The summed E-state index contributed by atoms with van der Waals surface area (Å²) in [5.41, 5.74) is 0. The van der Waals surface area contributed by atoms with E-state index in [1.807, 2.05) is 0 Å². The second-order valence-electron chi connectivity index (χ2n) is 4.37. The fourth-order valence-corrected chi connectivity index (χ4v) is 1.44. The van der Waals surface area contributed by atoms with Crippen molar-refractivity contribution in [2.24, 2.45) is 5.92 Å². The number of hydrogen-bond donors (Lipinski definition) is 2. The number of hydrogen-bond acceptors (Lipinski definition) is 2. The lowest BCUT2D eigenvalue weighted by atomic mass is 10.2. The minimum atomic E-state index is 0.0918. The molecule has 0 aromatic rings. The van der Waals surface area contributed by atoms with Crippen molar-refractivity contribution in [1.29, 1.82) is 0 Å². The molecule has 4 nitrogen and oxygen atoms in total. The first-order valence-electron chi connectivity index (χ1n) is 6.28. The van der Waals surface area contributed by atoms with Gasteiger partial charge in [0.15, 0.2) is 0 Å². The molecule has 0 aliphatic heterocycles. The van der Waals surface area contributed by atoms with E-state index in [4.69, 9.17) is 0 Å². The predicted octanol–water partition coefficient (Wildman–Crippen LogP) is 1.21. The lowest BCUT2D eigenvalue weighted by molar-refractivity contribution is -0.123. The van der Waals surface area contributed by atoms with Gasteiger partial charge in [0.25, 0.3) is 0 Å². The fraction of sp³-hybridized carbons (Fsp3) is 0.833. The zero-order chi connectivity index (χ0) is 11.8. The monoisotopic (exact) mass is 226 g/mol. The molecule has 0 atom stereocenters. The number of rotatable bonds is 8. The Morgan fingerprint density at radius 2 is 1.81 bits per heavy atom. The van der Waals surface area contributed by atoms with Gasteiger partial charge in [-0.05, 0) is 25.7 Å². The van der Waals surface area contributed by atoms with Crippen molar-refractivity contribution < 1.29 is 9.59 Å². The van der Waals surface area contributed by atoms with E-state index in [1.165, 1.54) is 0 Å². The highest BCUT2D eigenvalue weighted by Crippen LogP contribution is 2.28. The van der Waals surface area contributed by atoms with Crippen LogP contribution in [0.1, 0.15) is 45.4 Å². The van der Waals surface area contributed by atoms with Crippen LogP contribution in [0, 0.1) is 5.92 Å². The average Bonchev–Trinajstić information content (AvgIpc) is 3.08. The van der Waals surface area contributed by atoms with Gasteiger partial charge >= 0.3 is 0 Å². The largest absolute Gasteiger partial charge is 0.356 e. The summed E-state index contributed by atoms with van der Waals surface area (Å²) >= 11 is 0. The van der Waals surface area contributed by atoms with Crippen LogP contribution in [0.15, 0.2) is 0 Å². The van der Waals surface area contributed by atoms with Gasteiger partial charge in [0, 0.05) is 25.4 Å². The molecule has 2 amide bonds. The third-order valence-electron chi connectivity index (χ3n) is 2.68. The molecule has 1 aliphatic carbocycles. The lowest BCUT2D eigenvalue weighted by Gasteiger charge is -2.05. The van der Waals surface area contributed by atoms with Gasteiger partial charge in [-0.25, -0.2) is 0 Å². The molecule has 0 aromatic heterocycles. The van der Waals surface area contributed by atoms with Gasteiger partial charge in [0.1, 0.15) is 0 Å². The number of nitrogens with one attached hydrogen (secondary N) is 2. The molecule has 0 spiro atoms. The van der Waals surface area contributed by atoms with Crippen LogP contribution in [0.25, 0.3) is 0 Å². The molecule has 1 fully saturated rings. The standard InChI is InChI=1S/C12H22N2O2/c1-2-3-8-13-11(15)5-4-9-14-12(16)10-6-7-10/h10H,2-9H2,1H3,(H,13,15)(H,14,16). The molecule has 1 saturated carbocycles. The van der Waals surface area contributed by atoms with E-state index in [1.54, 1.807) is 0 Å². The van der Waals surface area contributed by atoms with Gasteiger partial charge in [0.05, 0.1) is 0 Å². The minimum Gasteiger partial charge on any atom is -0.356 e. The van der Waals surface area contributed by atoms with E-state index in [9.17, 15) is 9.59 Å². The molecule has 4 heteroatoms. The van der Waals surface area contributed by atoms with Gasteiger partial charge in [-0.3, -0.25) is 9.59 Å². The zero-order valence-corrected chi connectivity index (χ0v) is 10.1. The number of unbranched alkanes of at least 4 members (excludes halogenated alkanes) is 1. The van der Waals surface area contributed by atoms with E-state index in [-0.39, 0.29) is 17.7 Å². The summed E-state index contributed by atoms with van der Waals surface area (Å²) in [4.78, 5) is 22.5. The molecular weight excluding hydrogens is 204 g/mol. The first-order chi connectivity index (χ1) is 7.74. The Labute approximate surface area is 97.2 Å². The number of carbonyl (C=O) groups excluding carboxylic acids is 2. The summed E-state index contributed by atoms with van der Waals surface area (Å²) in [5, 5.41) is 5.70. The molecule has 16 heavy (non-hydrogen) atoms. The summed E-state index contributed by atoms with van der Waals surface area (Å²) in [7, 11) is 0. The van der Waals surface area contributed by atoms with Crippen LogP contribution in [0.4, 0.5) is 0 Å². The van der Waals surface area contributed by atoms with Crippen molar-refractivity contribution in [1.82, 2.24) is 10.6 Å². The van der Waals surface area contributed by atoms with Crippen LogP contribution in [0.5, 0.6) is 0 Å². The molecule has 0 radical (unpaired) electrons. The van der Waals surface area contributed by atoms with Crippen molar-refractivity contribution in [3.8, 4) is 0 Å². The highest BCUT2D eigenvalue weighted by molar-refractivity contribution is 5.81. The van der Waals surface area contributed by atoms with Crippen molar-refractivity contribution >= 4 is 11.8 Å². The fourth-order valence-electron chi connectivity index (χ4n) is 1.44. The molecular formula is C12H22N2O2. The maximum Gasteiger partial charge on any atom is 0.223 e. The van der Waals surface area contributed by atoms with Gasteiger partial charge in [0.2, 0.25) is 11.8 Å². The quantitative estimate of drug-likeness (QED) is 0.611. The lowest BCUT2D eigenvalue weighted by Crippen LogP contribution is -2.28. The second kappa shape index (κ2) is 7.25. The van der Waals surface area contributed by atoms with Crippen molar-refractivity contribution in [2.75, 3.05) is 13.1 Å². The summed E-state index contributed by atoms with van der Waals surface area (Å²) in [6.45, 7) is 3.49. The Bertz CT molecular complexity index is 237. The normalized spacial score (nSPS) is 14.6. The van der Waals surface area contributed by atoms with Crippen LogP contribution in [0.3, 0.4) is 0 Å². The molecule has 2 N–H and O–H groups in total. The zero-order valence-electron chi connectivity index (χ0n) is 10.1. The molecule has 0 saturated heterocycles. The second-order valence-corrected chi connectivity index (χ2v) is 4.37. The summed E-state index contributed by atoms with van der Waals surface area (Å²) in [6, 6.07) is 0. The summed E-state index contributed by atoms with van der Waals surface area (Å²) < 4.78 is 0. The predicted molar refractivity (Wildman–Crippen MR) is 62.9 cm³/mol. The number of carbonyl (C=O) groups is 2. The van der Waals surface area contributed by atoms with E-state index < -0.39 is 0 Å². The van der Waals surface area contributed by atoms with E-state index in [0.29, 0.717) is 13.0 Å². The number of amides is 2. The van der Waals surface area contributed by atoms with Crippen LogP contribution in [-0.4, -0.2) is 24.9 Å². The van der Waals surface area contributed by atoms with E-state index in [2.05, 4.69) is 17.6 Å². The Hall–Kier alpha value is -1.06.